The van der Waals surface area contributed by atoms with Crippen LogP contribution in [-0.4, -0.2) is 75.5 Å². The molecule has 4 heterocycles. The molecule has 13 heteroatoms. The predicted molar refractivity (Wildman–Crippen MR) is 109 cm³/mol. The number of rotatable bonds is 6. The molecule has 3 aliphatic heterocycles. The van der Waals surface area contributed by atoms with Crippen molar-refractivity contribution in [3.63, 3.8) is 0 Å². The van der Waals surface area contributed by atoms with E-state index >= 15 is 0 Å². The molecule has 0 bridgehead atoms. The molecule has 2 saturated heterocycles. The van der Waals surface area contributed by atoms with Gasteiger partial charge >= 0.3 is 5.97 Å². The topological polar surface area (TPSA) is 156 Å². The fourth-order valence-corrected chi connectivity index (χ4v) is 5.60. The molecule has 11 nitrogen and oxygen atoms in total. The normalized spacial score (nSPS) is 26.3. The van der Waals surface area contributed by atoms with Crippen LogP contribution < -0.4 is 11.1 Å². The van der Waals surface area contributed by atoms with Crippen LogP contribution in [0.3, 0.4) is 0 Å². The summed E-state index contributed by atoms with van der Waals surface area (Å²) in [5.74, 6) is -1.92. The van der Waals surface area contributed by atoms with Crippen LogP contribution in [0.4, 0.5) is 5.13 Å². The number of carbonyl (C=O) groups excluding carboxylic acids is 2. The van der Waals surface area contributed by atoms with E-state index in [0.29, 0.717) is 17.9 Å². The lowest BCUT2D eigenvalue weighted by molar-refractivity contribution is -0.150. The van der Waals surface area contributed by atoms with Crippen molar-refractivity contribution in [2.24, 2.45) is 5.16 Å². The van der Waals surface area contributed by atoms with Crippen molar-refractivity contribution < 1.29 is 29.1 Å². The second kappa shape index (κ2) is 8.24. The van der Waals surface area contributed by atoms with Gasteiger partial charge in [-0.15, -0.1) is 23.1 Å². The number of nitrogens with two attached hydrogens (primary N) is 1. The Labute approximate surface area is 179 Å². The summed E-state index contributed by atoms with van der Waals surface area (Å²) >= 11 is 2.53. The lowest BCUT2D eigenvalue weighted by atomic mass is 9.99. The smallest absolute Gasteiger partial charge is 0.352 e. The van der Waals surface area contributed by atoms with Gasteiger partial charge in [-0.1, -0.05) is 5.16 Å². The van der Waals surface area contributed by atoms with E-state index in [0.717, 1.165) is 24.2 Å². The van der Waals surface area contributed by atoms with Crippen LogP contribution in [0.1, 0.15) is 18.5 Å². The van der Waals surface area contributed by atoms with Gasteiger partial charge in [-0.05, 0) is 18.4 Å². The highest BCUT2D eigenvalue weighted by atomic mass is 32.2. The van der Waals surface area contributed by atoms with E-state index in [1.54, 1.807) is 5.38 Å². The van der Waals surface area contributed by atoms with E-state index in [4.69, 9.17) is 15.3 Å². The summed E-state index contributed by atoms with van der Waals surface area (Å²) in [5, 5.41) is 17.3. The molecule has 160 valence electrons. The number of thioether (sulfide) groups is 1. The van der Waals surface area contributed by atoms with Gasteiger partial charge in [-0.3, -0.25) is 14.5 Å². The van der Waals surface area contributed by atoms with Crippen LogP contribution in [0, 0.1) is 0 Å². The van der Waals surface area contributed by atoms with Gasteiger partial charge < -0.3 is 25.7 Å². The van der Waals surface area contributed by atoms with Crippen molar-refractivity contribution in [2.45, 2.75) is 30.4 Å². The maximum absolute atomic E-state index is 12.8. The molecular weight excluding hydrogens is 434 g/mol. The number of fused-ring (bicyclic) bond motifs is 1. The Bertz CT molecular complexity index is 954. The Kier molecular flexibility index (Phi) is 5.66. The third-order valence-corrected chi connectivity index (χ3v) is 6.94. The Morgan fingerprint density at radius 2 is 2.30 bits per heavy atom. The van der Waals surface area contributed by atoms with Crippen LogP contribution in [0.2, 0.25) is 0 Å². The van der Waals surface area contributed by atoms with Gasteiger partial charge in [0.1, 0.15) is 29.9 Å². The molecule has 0 unspecified atom stereocenters. The quantitative estimate of drug-likeness (QED) is 0.306. The van der Waals surface area contributed by atoms with Gasteiger partial charge in [0.25, 0.3) is 11.8 Å². The molecule has 0 spiro atoms. The molecule has 3 atom stereocenters. The number of carboxylic acids is 1. The van der Waals surface area contributed by atoms with E-state index in [2.05, 4.69) is 15.5 Å². The zero-order chi connectivity index (χ0) is 21.4. The number of aromatic nitrogens is 1. The highest BCUT2D eigenvalue weighted by Gasteiger charge is 2.55. The molecule has 0 aromatic carbocycles. The molecule has 0 aliphatic carbocycles. The van der Waals surface area contributed by atoms with E-state index in [1.165, 1.54) is 23.8 Å². The van der Waals surface area contributed by atoms with Crippen molar-refractivity contribution in [3.05, 3.63) is 22.3 Å². The third-order valence-electron chi connectivity index (χ3n) is 4.97. The summed E-state index contributed by atoms with van der Waals surface area (Å²) in [6, 6.07) is -0.888. The highest BCUT2D eigenvalue weighted by Crippen LogP contribution is 2.42. The standard InChI is InChI=1S/C17H19N5O6S2/c1-27-21-10(8-6-30-17(18)19-8)13(23)20-11-14(24)22-12(16(25)26)7(5-29-15(11)22)9-3-2-4-28-9/h6,9,11,15H,2-5H2,1H3,(H2,18,19)(H,20,23)(H,25,26)/t9-,11-,15-/m1/s1. The van der Waals surface area contributed by atoms with Crippen LogP contribution >= 0.6 is 23.1 Å². The Morgan fingerprint density at radius 1 is 1.50 bits per heavy atom. The number of hydrogen-bond acceptors (Lipinski definition) is 10. The molecule has 3 aliphatic rings. The third kappa shape index (κ3) is 3.52. The van der Waals surface area contributed by atoms with Gasteiger partial charge in [0.2, 0.25) is 0 Å². The average Bonchev–Trinajstić information content (AvgIpc) is 3.40. The minimum atomic E-state index is -1.18. The molecule has 0 saturated carbocycles. The maximum atomic E-state index is 12.8. The van der Waals surface area contributed by atoms with Gasteiger partial charge in [0.05, 0.1) is 6.10 Å². The van der Waals surface area contributed by atoms with Gasteiger partial charge in [0.15, 0.2) is 10.8 Å². The summed E-state index contributed by atoms with van der Waals surface area (Å²) in [7, 11) is 1.28. The zero-order valence-corrected chi connectivity index (χ0v) is 17.5. The molecule has 2 fully saturated rings. The van der Waals surface area contributed by atoms with Crippen LogP contribution in [0.5, 0.6) is 0 Å². The predicted octanol–water partition coefficient (Wildman–Crippen LogP) is -0.00660. The van der Waals surface area contributed by atoms with Crippen LogP contribution in [0.25, 0.3) is 0 Å². The van der Waals surface area contributed by atoms with Crippen molar-refractivity contribution in [1.82, 2.24) is 15.2 Å². The van der Waals surface area contributed by atoms with Crippen LogP contribution in [-0.2, 0) is 24.0 Å². The average molecular weight is 454 g/mol. The number of ether oxygens (including phenoxy) is 1. The second-order valence-corrected chi connectivity index (χ2v) is 8.73. The number of nitrogens with one attached hydrogen (secondary N) is 1. The number of β-lactam (4-membered cyclic amide) rings is 1. The van der Waals surface area contributed by atoms with E-state index in [-0.39, 0.29) is 28.3 Å². The molecule has 0 radical (unpaired) electrons. The maximum Gasteiger partial charge on any atom is 0.352 e. The van der Waals surface area contributed by atoms with Crippen molar-refractivity contribution in [1.29, 1.82) is 0 Å². The number of carboxylic acid groups (broad SMARTS) is 1. The summed E-state index contributed by atoms with van der Waals surface area (Å²) in [4.78, 5) is 47.4. The zero-order valence-electron chi connectivity index (χ0n) is 15.9. The minimum Gasteiger partial charge on any atom is -0.477 e. The molecule has 30 heavy (non-hydrogen) atoms. The molecule has 4 N–H and O–H groups in total. The fourth-order valence-electron chi connectivity index (χ4n) is 3.64. The van der Waals surface area contributed by atoms with E-state index in [1.807, 2.05) is 0 Å². The minimum absolute atomic E-state index is 0.0424. The van der Waals surface area contributed by atoms with E-state index < -0.39 is 29.2 Å². The first kappa shape index (κ1) is 20.6. The summed E-state index contributed by atoms with van der Waals surface area (Å²) in [6.45, 7) is 0.574. The largest absolute Gasteiger partial charge is 0.477 e. The summed E-state index contributed by atoms with van der Waals surface area (Å²) < 4.78 is 5.63. The Hall–Kier alpha value is -2.64. The monoisotopic (exact) mass is 453 g/mol. The molecule has 4 rings (SSSR count). The number of anilines is 1. The number of hydrogen-bond donors (Lipinski definition) is 3. The number of amides is 2. The van der Waals surface area contributed by atoms with Gasteiger partial charge in [0, 0.05) is 17.7 Å². The van der Waals surface area contributed by atoms with Gasteiger partial charge in [-0.2, -0.15) is 0 Å². The summed E-state index contributed by atoms with van der Waals surface area (Å²) in [5.41, 5.74) is 6.29. The van der Waals surface area contributed by atoms with Crippen molar-refractivity contribution >= 4 is 51.7 Å². The highest BCUT2D eigenvalue weighted by molar-refractivity contribution is 8.00. The SMILES string of the molecule is CON=C(C(=O)N[C@@H]1C(=O)N2C(C(=O)O)=C([C@H]3CCCO3)CS[C@H]12)c1csc(N)n1. The molecule has 1 aromatic heterocycles. The van der Waals surface area contributed by atoms with Crippen LogP contribution in [0.15, 0.2) is 21.8 Å². The molecular formula is C17H19N5O6S2. The number of nitrogens with zero attached hydrogens (tertiary/aromatic N) is 3. The Balaban J connectivity index is 1.53. The first-order chi connectivity index (χ1) is 14.4. The number of thiazole rings is 1. The lowest BCUT2D eigenvalue weighted by Crippen LogP contribution is -2.71. The molecule has 1 aromatic rings. The fraction of sp³-hybridized carbons (Fsp3) is 0.471. The van der Waals surface area contributed by atoms with Crippen molar-refractivity contribution in [3.8, 4) is 0 Å². The van der Waals surface area contributed by atoms with Crippen molar-refractivity contribution in [2.75, 3.05) is 25.2 Å². The first-order valence-electron chi connectivity index (χ1n) is 9.08. The van der Waals surface area contributed by atoms with Gasteiger partial charge in [-0.25, -0.2) is 9.78 Å². The number of nitrogen functional groups attached to an aromatic ring is 1. The lowest BCUT2D eigenvalue weighted by Gasteiger charge is -2.49. The van der Waals surface area contributed by atoms with E-state index in [9.17, 15) is 19.5 Å². The second-order valence-electron chi connectivity index (χ2n) is 6.74. The number of aliphatic carboxylic acids is 1. The summed E-state index contributed by atoms with van der Waals surface area (Å²) in [6.07, 6.45) is 1.29. The number of carbonyl (C=O) groups is 3. The number of oxime groups is 1. The molecule has 2 amide bonds. The first-order valence-corrected chi connectivity index (χ1v) is 11.0. The Morgan fingerprint density at radius 3 is 2.90 bits per heavy atom.